The third-order valence-electron chi connectivity index (χ3n) is 5.03. The number of carbonyl (C=O) groups excluding carboxylic acids is 1. The molecule has 2 aromatic rings. The van der Waals surface area contributed by atoms with E-state index in [-0.39, 0.29) is 11.7 Å². The number of quaternary nitrogens is 1. The van der Waals surface area contributed by atoms with Crippen molar-refractivity contribution < 1.29 is 4.79 Å². The zero-order valence-electron chi connectivity index (χ0n) is 13.6. The first-order valence-corrected chi connectivity index (χ1v) is 8.40. The summed E-state index contributed by atoms with van der Waals surface area (Å²) in [6.45, 7) is 4.45. The molecular formula is C21H21N2O+. The fraction of sp³-hybridized carbons (Fsp3) is 0.190. The molecule has 0 saturated carbocycles. The average molecular weight is 317 g/mol. The molecule has 0 bridgehead atoms. The molecule has 1 fully saturated rings. The van der Waals surface area contributed by atoms with Crippen molar-refractivity contribution in [2.45, 2.75) is 12.8 Å². The van der Waals surface area contributed by atoms with Gasteiger partial charge in [0, 0.05) is 35.8 Å². The Hall–Kier alpha value is -2.49. The number of hydrogen-bond donors (Lipinski definition) is 1. The predicted molar refractivity (Wildman–Crippen MR) is 98.2 cm³/mol. The van der Waals surface area contributed by atoms with Gasteiger partial charge in [0.2, 0.25) is 0 Å². The van der Waals surface area contributed by atoms with Crippen LogP contribution in [0.25, 0.3) is 6.08 Å². The Morgan fingerprint density at radius 2 is 1.88 bits per heavy atom. The highest BCUT2D eigenvalue weighted by Gasteiger charge is 2.48. The van der Waals surface area contributed by atoms with E-state index in [1.54, 1.807) is 0 Å². The number of rotatable bonds is 3. The molecule has 0 spiro atoms. The summed E-state index contributed by atoms with van der Waals surface area (Å²) in [5.74, 6) is 0.275. The number of allylic oxidation sites excluding steroid dienone is 2. The fourth-order valence-corrected chi connectivity index (χ4v) is 3.85. The van der Waals surface area contributed by atoms with Crippen LogP contribution in [0.4, 0.5) is 11.4 Å². The highest BCUT2D eigenvalue weighted by Crippen LogP contribution is 2.47. The van der Waals surface area contributed by atoms with Crippen LogP contribution in [0.2, 0.25) is 0 Å². The van der Waals surface area contributed by atoms with Crippen molar-refractivity contribution in [2.75, 3.05) is 6.54 Å². The van der Waals surface area contributed by atoms with E-state index in [1.807, 2.05) is 18.2 Å². The average Bonchev–Trinajstić information content (AvgIpc) is 2.86. The lowest BCUT2D eigenvalue weighted by molar-refractivity contribution is -0.121. The number of benzene rings is 2. The van der Waals surface area contributed by atoms with E-state index < -0.39 is 0 Å². The summed E-state index contributed by atoms with van der Waals surface area (Å²) in [4.78, 5) is 12.7. The molecular weight excluding hydrogens is 296 g/mol. The SMILES string of the molecule is C=CCC1CN[N+]2(c3ccccc3)C(=Cc3ccccc32)CC1=O. The van der Waals surface area contributed by atoms with Crippen LogP contribution in [0.5, 0.6) is 0 Å². The number of ketones is 1. The second-order valence-electron chi connectivity index (χ2n) is 6.43. The first-order valence-electron chi connectivity index (χ1n) is 8.40. The van der Waals surface area contributed by atoms with Crippen molar-refractivity contribution in [1.82, 2.24) is 10.0 Å². The van der Waals surface area contributed by atoms with Gasteiger partial charge in [-0.2, -0.15) is 10.0 Å². The largest absolute Gasteiger partial charge is 0.299 e. The number of para-hydroxylation sites is 2. The second-order valence-corrected chi connectivity index (χ2v) is 6.43. The van der Waals surface area contributed by atoms with Gasteiger partial charge in [0.05, 0.1) is 13.0 Å². The van der Waals surface area contributed by atoms with Crippen LogP contribution in [0.1, 0.15) is 18.4 Å². The number of nitrogens with zero attached hydrogens (tertiary/aromatic N) is 1. The molecule has 2 aliphatic heterocycles. The molecule has 2 atom stereocenters. The van der Waals surface area contributed by atoms with Gasteiger partial charge in [-0.15, -0.1) is 6.58 Å². The van der Waals surface area contributed by atoms with E-state index in [4.69, 9.17) is 0 Å². The molecule has 0 aliphatic carbocycles. The smallest absolute Gasteiger partial charge is 0.169 e. The van der Waals surface area contributed by atoms with Gasteiger partial charge in [-0.1, -0.05) is 36.4 Å². The number of Topliss-reactive ketones (excluding diaryl/α,β-unsaturated/α-hetero) is 1. The lowest BCUT2D eigenvalue weighted by Gasteiger charge is -2.34. The van der Waals surface area contributed by atoms with Crippen molar-refractivity contribution in [3.8, 4) is 0 Å². The summed E-state index contributed by atoms with van der Waals surface area (Å²) >= 11 is 0. The Balaban J connectivity index is 1.89. The number of fused-ring (bicyclic) bond motifs is 3. The maximum atomic E-state index is 12.7. The standard InChI is InChI=1S/C21H21N2O/c1-2-8-17-15-22-23(18-10-4-3-5-11-18)19(14-21(17)24)13-16-9-6-7-12-20(16)23/h2-7,9-13,17,22H,1,8,14-15H2/q+1. The molecule has 120 valence electrons. The van der Waals surface area contributed by atoms with Gasteiger partial charge < -0.3 is 0 Å². The molecule has 24 heavy (non-hydrogen) atoms. The molecule has 0 aromatic heterocycles. The summed E-state index contributed by atoms with van der Waals surface area (Å²) < 4.78 is 0.455. The molecule has 0 radical (unpaired) electrons. The second kappa shape index (κ2) is 5.86. The lowest BCUT2D eigenvalue weighted by atomic mass is 9.97. The molecule has 2 heterocycles. The normalized spacial score (nSPS) is 25.4. The third-order valence-corrected chi connectivity index (χ3v) is 5.03. The molecule has 0 amide bonds. The Morgan fingerprint density at radius 1 is 1.12 bits per heavy atom. The van der Waals surface area contributed by atoms with E-state index in [9.17, 15) is 4.79 Å². The van der Waals surface area contributed by atoms with Gasteiger partial charge in [-0.05, 0) is 12.5 Å². The minimum atomic E-state index is -0.0140. The highest BCUT2D eigenvalue weighted by molar-refractivity contribution is 5.91. The minimum Gasteiger partial charge on any atom is -0.299 e. The van der Waals surface area contributed by atoms with Gasteiger partial charge in [-0.3, -0.25) is 4.79 Å². The van der Waals surface area contributed by atoms with E-state index in [1.165, 1.54) is 11.3 Å². The van der Waals surface area contributed by atoms with Crippen molar-refractivity contribution in [3.05, 3.63) is 78.5 Å². The van der Waals surface area contributed by atoms with Crippen molar-refractivity contribution in [2.24, 2.45) is 5.92 Å². The van der Waals surface area contributed by atoms with Crippen LogP contribution in [0, 0.1) is 5.92 Å². The van der Waals surface area contributed by atoms with Crippen molar-refractivity contribution in [1.29, 1.82) is 0 Å². The number of hydrogen-bond acceptors (Lipinski definition) is 2. The lowest BCUT2D eigenvalue weighted by Crippen LogP contribution is -2.53. The van der Waals surface area contributed by atoms with Crippen LogP contribution in [0.15, 0.2) is 72.9 Å². The van der Waals surface area contributed by atoms with Crippen LogP contribution in [-0.2, 0) is 4.79 Å². The van der Waals surface area contributed by atoms with E-state index in [2.05, 4.69) is 60.5 Å². The summed E-state index contributed by atoms with van der Waals surface area (Å²) in [6, 6.07) is 18.8. The molecule has 3 nitrogen and oxygen atoms in total. The zero-order chi connectivity index (χ0) is 16.6. The quantitative estimate of drug-likeness (QED) is 0.673. The first-order chi connectivity index (χ1) is 11.8. The summed E-state index contributed by atoms with van der Waals surface area (Å²) in [5.41, 5.74) is 8.30. The highest BCUT2D eigenvalue weighted by atomic mass is 16.1. The van der Waals surface area contributed by atoms with Crippen LogP contribution >= 0.6 is 0 Å². The van der Waals surface area contributed by atoms with E-state index >= 15 is 0 Å². The van der Waals surface area contributed by atoms with Gasteiger partial charge in [-0.25, -0.2) is 0 Å². The third kappa shape index (κ3) is 2.17. The van der Waals surface area contributed by atoms with Crippen LogP contribution in [0.3, 0.4) is 0 Å². The molecule has 2 aliphatic rings. The molecule has 3 heteroatoms. The Labute approximate surface area is 142 Å². The van der Waals surface area contributed by atoms with Gasteiger partial charge >= 0.3 is 0 Å². The number of carbonyl (C=O) groups is 1. The number of nitrogens with one attached hydrogen (secondary N) is 1. The molecule has 1 N–H and O–H groups in total. The maximum absolute atomic E-state index is 12.7. The minimum absolute atomic E-state index is 0.0140. The summed E-state index contributed by atoms with van der Waals surface area (Å²) in [7, 11) is 0. The topological polar surface area (TPSA) is 29.1 Å². The molecule has 4 rings (SSSR count). The van der Waals surface area contributed by atoms with E-state index in [0.29, 0.717) is 17.6 Å². The van der Waals surface area contributed by atoms with Crippen LogP contribution in [-0.4, -0.2) is 12.3 Å². The maximum Gasteiger partial charge on any atom is 0.169 e. The molecule has 2 aromatic carbocycles. The monoisotopic (exact) mass is 317 g/mol. The molecule has 2 unspecified atom stereocenters. The summed E-state index contributed by atoms with van der Waals surface area (Å²) in [5, 5.41) is 0. The van der Waals surface area contributed by atoms with Gasteiger partial charge in [0.25, 0.3) is 0 Å². The molecule has 1 saturated heterocycles. The van der Waals surface area contributed by atoms with Crippen LogP contribution < -0.4 is 10.0 Å². The predicted octanol–water partition coefficient (Wildman–Crippen LogP) is 4.35. The van der Waals surface area contributed by atoms with Crippen molar-refractivity contribution in [3.63, 3.8) is 0 Å². The Morgan fingerprint density at radius 3 is 2.67 bits per heavy atom. The van der Waals surface area contributed by atoms with E-state index in [0.717, 1.165) is 17.8 Å². The Kier molecular flexibility index (Phi) is 3.68. The fourth-order valence-electron chi connectivity index (χ4n) is 3.85. The Bertz CT molecular complexity index is 825. The van der Waals surface area contributed by atoms with Gasteiger partial charge in [0.15, 0.2) is 11.4 Å². The van der Waals surface area contributed by atoms with Crippen molar-refractivity contribution >= 4 is 23.2 Å². The summed E-state index contributed by atoms with van der Waals surface area (Å²) in [6.07, 6.45) is 5.20. The first kappa shape index (κ1) is 15.1. The zero-order valence-corrected chi connectivity index (χ0v) is 13.6. The van der Waals surface area contributed by atoms with Gasteiger partial charge in [0.1, 0.15) is 11.5 Å².